The van der Waals surface area contributed by atoms with Crippen molar-refractivity contribution in [1.82, 2.24) is 9.78 Å². The molecule has 0 aromatic carbocycles. The highest BCUT2D eigenvalue weighted by Crippen LogP contribution is 2.27. The smallest absolute Gasteiger partial charge is 0.412 e. The SMILES string of the molecule is CCn1nc(C(C)(C)C)cc1NC(=O)OCC(Cl)(Cl)Cl. The van der Waals surface area contributed by atoms with E-state index in [9.17, 15) is 4.79 Å². The molecule has 1 N–H and O–H groups in total. The Hall–Kier alpha value is -0.650. The van der Waals surface area contributed by atoms with Crippen LogP contribution in [0.2, 0.25) is 0 Å². The second-order valence-electron chi connectivity index (χ2n) is 5.30. The number of aromatic nitrogens is 2. The van der Waals surface area contributed by atoms with Gasteiger partial charge in [-0.15, -0.1) is 0 Å². The lowest BCUT2D eigenvalue weighted by Crippen LogP contribution is -2.22. The van der Waals surface area contributed by atoms with Gasteiger partial charge in [-0.05, 0) is 6.92 Å². The number of anilines is 1. The van der Waals surface area contributed by atoms with E-state index < -0.39 is 9.89 Å². The second kappa shape index (κ2) is 6.41. The molecule has 0 aliphatic heterocycles. The van der Waals surface area contributed by atoms with Crippen molar-refractivity contribution >= 4 is 46.7 Å². The Labute approximate surface area is 133 Å². The highest BCUT2D eigenvalue weighted by Gasteiger charge is 2.24. The van der Waals surface area contributed by atoms with Crippen LogP contribution in [-0.4, -0.2) is 26.3 Å². The number of hydrogen-bond acceptors (Lipinski definition) is 3. The molecular formula is C12H18Cl3N3O2. The van der Waals surface area contributed by atoms with Crippen LogP contribution in [0.15, 0.2) is 6.07 Å². The van der Waals surface area contributed by atoms with Gasteiger partial charge in [-0.1, -0.05) is 55.6 Å². The summed E-state index contributed by atoms with van der Waals surface area (Å²) in [5, 5.41) is 7.02. The zero-order valence-corrected chi connectivity index (χ0v) is 14.1. The number of hydrogen-bond donors (Lipinski definition) is 1. The first kappa shape index (κ1) is 17.4. The first-order valence-corrected chi connectivity index (χ1v) is 7.25. The molecule has 1 amide bonds. The van der Waals surface area contributed by atoms with E-state index in [-0.39, 0.29) is 12.0 Å². The molecule has 0 atom stereocenters. The third kappa shape index (κ3) is 5.38. The lowest BCUT2D eigenvalue weighted by Gasteiger charge is -2.13. The average molecular weight is 343 g/mol. The third-order valence-corrected chi connectivity index (χ3v) is 2.77. The summed E-state index contributed by atoms with van der Waals surface area (Å²) >= 11 is 16.5. The summed E-state index contributed by atoms with van der Waals surface area (Å²) in [7, 11) is 0. The van der Waals surface area contributed by atoms with Gasteiger partial charge in [-0.25, -0.2) is 9.48 Å². The van der Waals surface area contributed by atoms with Crippen LogP contribution in [0.3, 0.4) is 0 Å². The second-order valence-corrected chi connectivity index (χ2v) is 7.81. The lowest BCUT2D eigenvalue weighted by atomic mass is 9.92. The number of amides is 1. The standard InChI is InChI=1S/C12H18Cl3N3O2/c1-5-18-9(6-8(17-18)11(2,3)4)16-10(19)20-7-12(13,14)15/h6H,5,7H2,1-4H3,(H,16,19). The number of aryl methyl sites for hydroxylation is 1. The first-order valence-electron chi connectivity index (χ1n) is 6.12. The van der Waals surface area contributed by atoms with Crippen molar-refractivity contribution in [2.45, 2.75) is 43.4 Å². The zero-order chi connectivity index (χ0) is 15.6. The number of carbonyl (C=O) groups is 1. The number of ether oxygens (including phenoxy) is 1. The van der Waals surface area contributed by atoms with Crippen molar-refractivity contribution in [2.75, 3.05) is 11.9 Å². The number of nitrogens with zero attached hydrogens (tertiary/aromatic N) is 2. The van der Waals surface area contributed by atoms with Crippen LogP contribution < -0.4 is 5.32 Å². The Kier molecular flexibility index (Phi) is 5.58. The summed E-state index contributed by atoms with van der Waals surface area (Å²) in [6.45, 7) is 8.35. The van der Waals surface area contributed by atoms with Crippen LogP contribution in [0.1, 0.15) is 33.4 Å². The number of carbonyl (C=O) groups excluding carboxylic acids is 1. The van der Waals surface area contributed by atoms with Crippen molar-refractivity contribution in [3.63, 3.8) is 0 Å². The highest BCUT2D eigenvalue weighted by molar-refractivity contribution is 6.67. The van der Waals surface area contributed by atoms with E-state index in [0.717, 1.165) is 5.69 Å². The summed E-state index contributed by atoms with van der Waals surface area (Å²) in [5.41, 5.74) is 0.759. The Morgan fingerprint density at radius 2 is 2.00 bits per heavy atom. The van der Waals surface area contributed by atoms with Gasteiger partial charge in [0, 0.05) is 18.0 Å². The molecule has 0 saturated carbocycles. The summed E-state index contributed by atoms with van der Waals surface area (Å²) < 4.78 is 4.87. The van der Waals surface area contributed by atoms with Crippen LogP contribution in [0.25, 0.3) is 0 Å². The van der Waals surface area contributed by atoms with Gasteiger partial charge >= 0.3 is 6.09 Å². The van der Waals surface area contributed by atoms with Crippen molar-refractivity contribution in [3.05, 3.63) is 11.8 Å². The zero-order valence-electron chi connectivity index (χ0n) is 11.8. The van der Waals surface area contributed by atoms with Crippen LogP contribution in [0, 0.1) is 0 Å². The number of nitrogens with one attached hydrogen (secondary N) is 1. The Balaban J connectivity index is 2.77. The van der Waals surface area contributed by atoms with Gasteiger partial charge in [0.1, 0.15) is 12.4 Å². The molecule has 114 valence electrons. The van der Waals surface area contributed by atoms with E-state index in [2.05, 4.69) is 10.4 Å². The van der Waals surface area contributed by atoms with Crippen LogP contribution in [0.5, 0.6) is 0 Å². The van der Waals surface area contributed by atoms with E-state index in [1.54, 1.807) is 10.7 Å². The molecule has 0 unspecified atom stereocenters. The third-order valence-electron chi connectivity index (χ3n) is 2.44. The maximum Gasteiger partial charge on any atom is 0.412 e. The van der Waals surface area contributed by atoms with E-state index in [4.69, 9.17) is 39.5 Å². The molecule has 1 rings (SSSR count). The predicted molar refractivity (Wildman–Crippen MR) is 81.9 cm³/mol. The summed E-state index contributed by atoms with van der Waals surface area (Å²) in [4.78, 5) is 11.6. The van der Waals surface area contributed by atoms with Crippen LogP contribution >= 0.6 is 34.8 Å². The molecule has 0 aliphatic carbocycles. The molecule has 1 aromatic heterocycles. The Morgan fingerprint density at radius 3 is 2.45 bits per heavy atom. The summed E-state index contributed by atoms with van der Waals surface area (Å²) in [6, 6.07) is 1.81. The van der Waals surface area contributed by atoms with Gasteiger partial charge < -0.3 is 4.74 Å². The van der Waals surface area contributed by atoms with E-state index >= 15 is 0 Å². The fourth-order valence-corrected chi connectivity index (χ4v) is 1.58. The number of rotatable bonds is 3. The Morgan fingerprint density at radius 1 is 1.40 bits per heavy atom. The summed E-state index contributed by atoms with van der Waals surface area (Å²) in [5.74, 6) is 0.548. The molecule has 5 nitrogen and oxygen atoms in total. The fourth-order valence-electron chi connectivity index (χ4n) is 1.41. The van der Waals surface area contributed by atoms with Crippen molar-refractivity contribution < 1.29 is 9.53 Å². The minimum atomic E-state index is -1.63. The Bertz CT molecular complexity index is 475. The lowest BCUT2D eigenvalue weighted by molar-refractivity contribution is 0.163. The molecule has 20 heavy (non-hydrogen) atoms. The van der Waals surface area contributed by atoms with E-state index in [1.807, 2.05) is 27.7 Å². The maximum absolute atomic E-state index is 11.6. The van der Waals surface area contributed by atoms with Gasteiger partial charge in [0.15, 0.2) is 0 Å². The molecule has 8 heteroatoms. The number of halogens is 3. The van der Waals surface area contributed by atoms with Gasteiger partial charge in [-0.3, -0.25) is 5.32 Å². The molecule has 0 spiro atoms. The molecule has 0 radical (unpaired) electrons. The fraction of sp³-hybridized carbons (Fsp3) is 0.667. The van der Waals surface area contributed by atoms with E-state index in [0.29, 0.717) is 12.4 Å². The molecule has 0 fully saturated rings. The minimum absolute atomic E-state index is 0.113. The van der Waals surface area contributed by atoms with Crippen molar-refractivity contribution in [3.8, 4) is 0 Å². The normalized spacial score (nSPS) is 12.3. The highest BCUT2D eigenvalue weighted by atomic mass is 35.6. The maximum atomic E-state index is 11.6. The van der Waals surface area contributed by atoms with Gasteiger partial charge in [-0.2, -0.15) is 5.10 Å². The predicted octanol–water partition coefficient (Wildman–Crippen LogP) is 4.12. The van der Waals surface area contributed by atoms with Crippen LogP contribution in [-0.2, 0) is 16.7 Å². The van der Waals surface area contributed by atoms with Gasteiger partial charge in [0.05, 0.1) is 5.69 Å². The quantitative estimate of drug-likeness (QED) is 0.841. The molecule has 0 aliphatic rings. The topological polar surface area (TPSA) is 56.2 Å². The number of alkyl halides is 3. The minimum Gasteiger partial charge on any atom is -0.445 e. The first-order chi connectivity index (χ1) is 9.03. The van der Waals surface area contributed by atoms with E-state index in [1.165, 1.54) is 0 Å². The summed E-state index contributed by atoms with van der Waals surface area (Å²) in [6.07, 6.45) is -0.689. The van der Waals surface area contributed by atoms with Crippen LogP contribution in [0.4, 0.5) is 10.6 Å². The van der Waals surface area contributed by atoms with Crippen molar-refractivity contribution in [2.24, 2.45) is 0 Å². The molecule has 0 saturated heterocycles. The molecule has 1 heterocycles. The van der Waals surface area contributed by atoms with Gasteiger partial charge in [0.2, 0.25) is 3.79 Å². The van der Waals surface area contributed by atoms with Crippen molar-refractivity contribution in [1.29, 1.82) is 0 Å². The molecular weight excluding hydrogens is 325 g/mol. The molecule has 0 bridgehead atoms. The average Bonchev–Trinajstić information content (AvgIpc) is 2.68. The van der Waals surface area contributed by atoms with Gasteiger partial charge in [0.25, 0.3) is 0 Å². The monoisotopic (exact) mass is 341 g/mol. The largest absolute Gasteiger partial charge is 0.445 e. The molecule has 1 aromatic rings.